The van der Waals surface area contributed by atoms with Crippen LogP contribution in [-0.4, -0.2) is 18.2 Å². The van der Waals surface area contributed by atoms with Gasteiger partial charge in [0.15, 0.2) is 0 Å². The molecular weight excluding hydrogens is 254 g/mol. The van der Waals surface area contributed by atoms with E-state index in [0.717, 1.165) is 22.4 Å². The lowest BCUT2D eigenvalue weighted by molar-refractivity contribution is 0.0697. The maximum Gasteiger partial charge on any atom is 0.335 e. The molecule has 0 fully saturated rings. The molecular formula is C16H17NO3. The van der Waals surface area contributed by atoms with Gasteiger partial charge in [-0.1, -0.05) is 18.2 Å². The predicted molar refractivity (Wildman–Crippen MR) is 78.0 cm³/mol. The zero-order chi connectivity index (χ0) is 14.7. The molecule has 2 aromatic rings. The Morgan fingerprint density at radius 1 is 1.20 bits per heavy atom. The molecule has 0 heterocycles. The molecule has 0 amide bonds. The molecule has 0 radical (unpaired) electrons. The van der Waals surface area contributed by atoms with Gasteiger partial charge in [-0.25, -0.2) is 4.79 Å². The molecule has 0 aliphatic carbocycles. The van der Waals surface area contributed by atoms with E-state index < -0.39 is 5.97 Å². The molecule has 3 N–H and O–H groups in total. The van der Waals surface area contributed by atoms with Crippen molar-refractivity contribution in [2.75, 3.05) is 7.11 Å². The summed E-state index contributed by atoms with van der Waals surface area (Å²) in [5.41, 5.74) is 8.88. The summed E-state index contributed by atoms with van der Waals surface area (Å²) in [5, 5.41) is 9.12. The summed E-state index contributed by atoms with van der Waals surface area (Å²) >= 11 is 0. The smallest absolute Gasteiger partial charge is 0.335 e. The molecule has 0 saturated heterocycles. The van der Waals surface area contributed by atoms with E-state index >= 15 is 0 Å². The minimum atomic E-state index is -0.948. The SMILES string of the molecule is COc1ccc(-c2cc(C(=O)O)ccc2C(C)N)cc1. The second kappa shape index (κ2) is 5.75. The minimum absolute atomic E-state index is 0.171. The number of ether oxygens (including phenoxy) is 1. The Labute approximate surface area is 117 Å². The van der Waals surface area contributed by atoms with Crippen molar-refractivity contribution >= 4 is 5.97 Å². The van der Waals surface area contributed by atoms with Crippen LogP contribution in [0.15, 0.2) is 42.5 Å². The first-order valence-electron chi connectivity index (χ1n) is 6.30. The Morgan fingerprint density at radius 3 is 2.35 bits per heavy atom. The number of hydrogen-bond donors (Lipinski definition) is 2. The summed E-state index contributed by atoms with van der Waals surface area (Å²) in [7, 11) is 1.60. The molecule has 0 spiro atoms. The lowest BCUT2D eigenvalue weighted by Gasteiger charge is -2.14. The largest absolute Gasteiger partial charge is 0.497 e. The number of methoxy groups -OCH3 is 1. The van der Waals surface area contributed by atoms with Gasteiger partial charge in [0.25, 0.3) is 0 Å². The first-order valence-corrected chi connectivity index (χ1v) is 6.30. The van der Waals surface area contributed by atoms with E-state index in [1.165, 1.54) is 0 Å². The van der Waals surface area contributed by atoms with Crippen LogP contribution in [0.3, 0.4) is 0 Å². The fourth-order valence-electron chi connectivity index (χ4n) is 2.11. The van der Waals surface area contributed by atoms with Gasteiger partial charge in [0.1, 0.15) is 5.75 Å². The number of rotatable bonds is 4. The summed E-state index contributed by atoms with van der Waals surface area (Å²) in [6.45, 7) is 1.88. The molecule has 1 unspecified atom stereocenters. The predicted octanol–water partition coefficient (Wildman–Crippen LogP) is 3.08. The minimum Gasteiger partial charge on any atom is -0.497 e. The van der Waals surface area contributed by atoms with Gasteiger partial charge in [-0.15, -0.1) is 0 Å². The molecule has 0 aliphatic heterocycles. The fraction of sp³-hybridized carbons (Fsp3) is 0.188. The highest BCUT2D eigenvalue weighted by Gasteiger charge is 2.12. The van der Waals surface area contributed by atoms with E-state index in [4.69, 9.17) is 15.6 Å². The fourth-order valence-corrected chi connectivity index (χ4v) is 2.11. The van der Waals surface area contributed by atoms with Gasteiger partial charge in [-0.05, 0) is 47.9 Å². The highest BCUT2D eigenvalue weighted by molar-refractivity contribution is 5.90. The Morgan fingerprint density at radius 2 is 1.85 bits per heavy atom. The van der Waals surface area contributed by atoms with E-state index in [-0.39, 0.29) is 11.6 Å². The van der Waals surface area contributed by atoms with Crippen LogP contribution in [0.25, 0.3) is 11.1 Å². The molecule has 104 valence electrons. The number of carboxylic acids is 1. The average Bonchev–Trinajstić information content (AvgIpc) is 2.46. The van der Waals surface area contributed by atoms with Crippen LogP contribution < -0.4 is 10.5 Å². The second-order valence-electron chi connectivity index (χ2n) is 4.62. The molecule has 4 nitrogen and oxygen atoms in total. The zero-order valence-electron chi connectivity index (χ0n) is 11.5. The van der Waals surface area contributed by atoms with Gasteiger partial charge in [0.2, 0.25) is 0 Å². The normalized spacial score (nSPS) is 11.9. The van der Waals surface area contributed by atoms with Crippen LogP contribution in [0.4, 0.5) is 0 Å². The second-order valence-corrected chi connectivity index (χ2v) is 4.62. The van der Waals surface area contributed by atoms with Crippen LogP contribution >= 0.6 is 0 Å². The van der Waals surface area contributed by atoms with Gasteiger partial charge in [0.05, 0.1) is 12.7 Å². The first kappa shape index (κ1) is 14.1. The third-order valence-electron chi connectivity index (χ3n) is 3.19. The van der Waals surface area contributed by atoms with E-state index in [0.29, 0.717) is 0 Å². The van der Waals surface area contributed by atoms with Gasteiger partial charge in [-0.2, -0.15) is 0 Å². The van der Waals surface area contributed by atoms with Crippen molar-refractivity contribution < 1.29 is 14.6 Å². The quantitative estimate of drug-likeness (QED) is 0.896. The van der Waals surface area contributed by atoms with Crippen LogP contribution in [0, 0.1) is 0 Å². The maximum atomic E-state index is 11.1. The molecule has 0 aromatic heterocycles. The summed E-state index contributed by atoms with van der Waals surface area (Å²) in [6, 6.07) is 12.3. The van der Waals surface area contributed by atoms with Crippen molar-refractivity contribution in [3.63, 3.8) is 0 Å². The Balaban J connectivity index is 2.56. The summed E-state index contributed by atoms with van der Waals surface area (Å²) in [6.07, 6.45) is 0. The van der Waals surface area contributed by atoms with Gasteiger partial charge >= 0.3 is 5.97 Å². The molecule has 0 aliphatic rings. The Kier molecular flexibility index (Phi) is 4.05. The van der Waals surface area contributed by atoms with Crippen LogP contribution in [0.2, 0.25) is 0 Å². The summed E-state index contributed by atoms with van der Waals surface area (Å²) in [5.74, 6) is -0.193. The highest BCUT2D eigenvalue weighted by Crippen LogP contribution is 2.29. The van der Waals surface area contributed by atoms with Gasteiger partial charge in [-0.3, -0.25) is 0 Å². The van der Waals surface area contributed by atoms with Crippen molar-refractivity contribution in [2.24, 2.45) is 5.73 Å². The van der Waals surface area contributed by atoms with Crippen molar-refractivity contribution in [3.05, 3.63) is 53.6 Å². The number of hydrogen-bond acceptors (Lipinski definition) is 3. The van der Waals surface area contributed by atoms with Gasteiger partial charge < -0.3 is 15.6 Å². The summed E-state index contributed by atoms with van der Waals surface area (Å²) < 4.78 is 5.13. The molecule has 20 heavy (non-hydrogen) atoms. The Bertz CT molecular complexity index is 618. The first-order chi connectivity index (χ1) is 9.52. The van der Waals surface area contributed by atoms with Crippen molar-refractivity contribution in [1.82, 2.24) is 0 Å². The third-order valence-corrected chi connectivity index (χ3v) is 3.19. The average molecular weight is 271 g/mol. The zero-order valence-corrected chi connectivity index (χ0v) is 11.5. The van der Waals surface area contributed by atoms with Crippen LogP contribution in [0.1, 0.15) is 28.9 Å². The lowest BCUT2D eigenvalue weighted by Crippen LogP contribution is -2.08. The molecule has 2 rings (SSSR count). The van der Waals surface area contributed by atoms with Gasteiger partial charge in [0, 0.05) is 6.04 Å². The van der Waals surface area contributed by atoms with Crippen molar-refractivity contribution in [1.29, 1.82) is 0 Å². The summed E-state index contributed by atoms with van der Waals surface area (Å²) in [4.78, 5) is 11.1. The molecule has 4 heteroatoms. The Hall–Kier alpha value is -2.33. The standard InChI is InChI=1S/C16H17NO3/c1-10(17)14-8-5-12(16(18)19)9-15(14)11-3-6-13(20-2)7-4-11/h3-10H,17H2,1-2H3,(H,18,19). The lowest BCUT2D eigenvalue weighted by atomic mass is 9.94. The molecule has 1 atom stereocenters. The van der Waals surface area contributed by atoms with Crippen LogP contribution in [-0.2, 0) is 0 Å². The molecule has 0 bridgehead atoms. The number of carboxylic acid groups (broad SMARTS) is 1. The highest BCUT2D eigenvalue weighted by atomic mass is 16.5. The van der Waals surface area contributed by atoms with Crippen LogP contribution in [0.5, 0.6) is 5.75 Å². The van der Waals surface area contributed by atoms with E-state index in [2.05, 4.69) is 0 Å². The number of nitrogens with two attached hydrogens (primary N) is 1. The third kappa shape index (κ3) is 2.81. The molecule has 0 saturated carbocycles. The van der Waals surface area contributed by atoms with E-state index in [9.17, 15) is 4.79 Å². The van der Waals surface area contributed by atoms with E-state index in [1.54, 1.807) is 25.3 Å². The number of benzene rings is 2. The topological polar surface area (TPSA) is 72.5 Å². The van der Waals surface area contributed by atoms with Crippen molar-refractivity contribution in [2.45, 2.75) is 13.0 Å². The van der Waals surface area contributed by atoms with E-state index in [1.807, 2.05) is 31.2 Å². The molecule has 2 aromatic carbocycles. The number of carbonyl (C=O) groups is 1. The van der Waals surface area contributed by atoms with Crippen molar-refractivity contribution in [3.8, 4) is 16.9 Å². The maximum absolute atomic E-state index is 11.1. The number of aromatic carboxylic acids is 1. The monoisotopic (exact) mass is 271 g/mol.